The van der Waals surface area contributed by atoms with Crippen molar-refractivity contribution in [2.24, 2.45) is 0 Å². The molecule has 1 saturated heterocycles. The largest absolute Gasteiger partial charge is 0.337 e. The summed E-state index contributed by atoms with van der Waals surface area (Å²) in [5.74, 6) is -0.159. The number of nitrogens with zero attached hydrogens (tertiary/aromatic N) is 2. The molecule has 0 aromatic heterocycles. The van der Waals surface area contributed by atoms with Crippen molar-refractivity contribution < 1.29 is 9.72 Å². The van der Waals surface area contributed by atoms with Crippen LogP contribution in [0.2, 0.25) is 0 Å². The lowest BCUT2D eigenvalue weighted by atomic mass is 10.1. The smallest absolute Gasteiger partial charge is 0.271 e. The minimum Gasteiger partial charge on any atom is -0.337 e. The van der Waals surface area contributed by atoms with Crippen molar-refractivity contribution in [1.29, 1.82) is 0 Å². The van der Waals surface area contributed by atoms with E-state index < -0.39 is 4.92 Å². The molecule has 1 amide bonds. The number of nitrogens with one attached hydrogen (secondary N) is 1. The monoisotopic (exact) mass is 327 g/mol. The number of carbonyl (C=O) groups is 1. The molecule has 1 aliphatic rings. The van der Waals surface area contributed by atoms with E-state index in [0.29, 0.717) is 23.1 Å². The molecule has 0 aliphatic carbocycles. The molecule has 0 saturated carbocycles. The van der Waals surface area contributed by atoms with E-state index in [-0.39, 0.29) is 11.6 Å². The summed E-state index contributed by atoms with van der Waals surface area (Å²) >= 11 is 3.20. The highest BCUT2D eigenvalue weighted by molar-refractivity contribution is 9.10. The molecule has 0 bridgehead atoms. The van der Waals surface area contributed by atoms with E-state index in [2.05, 4.69) is 21.2 Å². The fourth-order valence-electron chi connectivity index (χ4n) is 2.03. The van der Waals surface area contributed by atoms with Crippen LogP contribution in [-0.4, -0.2) is 41.9 Å². The Morgan fingerprint density at radius 1 is 1.32 bits per heavy atom. The van der Waals surface area contributed by atoms with Gasteiger partial charge in [-0.3, -0.25) is 14.9 Å². The number of amides is 1. The number of non-ortho nitro benzene ring substituents is 1. The standard InChI is InChI=1S/C12H14BrN3O3/c13-10-6-9(7-11(8-10)16(18)19)12(17)15-4-1-2-14-3-5-15/h6-8,14H,1-5H2. The maximum absolute atomic E-state index is 12.3. The highest BCUT2D eigenvalue weighted by atomic mass is 79.9. The van der Waals surface area contributed by atoms with E-state index in [1.807, 2.05) is 0 Å². The molecule has 1 heterocycles. The van der Waals surface area contributed by atoms with Gasteiger partial charge in [-0.2, -0.15) is 0 Å². The van der Waals surface area contributed by atoms with Crippen LogP contribution in [0.3, 0.4) is 0 Å². The topological polar surface area (TPSA) is 75.5 Å². The van der Waals surface area contributed by atoms with Gasteiger partial charge in [-0.1, -0.05) is 15.9 Å². The first-order valence-corrected chi connectivity index (χ1v) is 6.82. The Balaban J connectivity index is 2.24. The normalized spacial score (nSPS) is 15.9. The first-order chi connectivity index (χ1) is 9.08. The highest BCUT2D eigenvalue weighted by Crippen LogP contribution is 2.22. The second kappa shape index (κ2) is 6.12. The molecule has 1 aromatic carbocycles. The lowest BCUT2D eigenvalue weighted by Gasteiger charge is -2.19. The van der Waals surface area contributed by atoms with Crippen molar-refractivity contribution in [1.82, 2.24) is 10.2 Å². The summed E-state index contributed by atoms with van der Waals surface area (Å²) in [5, 5.41) is 14.0. The van der Waals surface area contributed by atoms with Crippen LogP contribution < -0.4 is 5.32 Å². The summed E-state index contributed by atoms with van der Waals surface area (Å²) in [6.07, 6.45) is 0.891. The van der Waals surface area contributed by atoms with Gasteiger partial charge < -0.3 is 10.2 Å². The molecular weight excluding hydrogens is 314 g/mol. The Labute approximate surface area is 119 Å². The molecule has 19 heavy (non-hydrogen) atoms. The Bertz CT molecular complexity index is 499. The Hall–Kier alpha value is -1.47. The van der Waals surface area contributed by atoms with Crippen molar-refractivity contribution in [3.8, 4) is 0 Å². The number of hydrogen-bond acceptors (Lipinski definition) is 4. The molecule has 1 aliphatic heterocycles. The summed E-state index contributed by atoms with van der Waals surface area (Å²) in [6.45, 7) is 2.94. The van der Waals surface area contributed by atoms with Gasteiger partial charge >= 0.3 is 0 Å². The zero-order valence-electron chi connectivity index (χ0n) is 10.3. The van der Waals surface area contributed by atoms with Crippen molar-refractivity contribution in [3.63, 3.8) is 0 Å². The second-order valence-corrected chi connectivity index (χ2v) is 5.27. The molecule has 0 unspecified atom stereocenters. The van der Waals surface area contributed by atoms with Gasteiger partial charge in [-0.05, 0) is 19.0 Å². The molecule has 0 atom stereocenters. The van der Waals surface area contributed by atoms with E-state index in [0.717, 1.165) is 19.5 Å². The minimum absolute atomic E-state index is 0.0781. The van der Waals surface area contributed by atoms with Gasteiger partial charge in [-0.15, -0.1) is 0 Å². The molecule has 1 aromatic rings. The average molecular weight is 328 g/mol. The molecule has 6 nitrogen and oxygen atoms in total. The summed E-state index contributed by atoms with van der Waals surface area (Å²) in [5.41, 5.74) is 0.272. The predicted octanol–water partition coefficient (Wildman–Crippen LogP) is 1.79. The highest BCUT2D eigenvalue weighted by Gasteiger charge is 2.20. The molecule has 1 fully saturated rings. The maximum atomic E-state index is 12.3. The number of benzene rings is 1. The third-order valence-corrected chi connectivity index (χ3v) is 3.43. The van der Waals surface area contributed by atoms with E-state index in [1.165, 1.54) is 12.1 Å². The third-order valence-electron chi connectivity index (χ3n) is 2.97. The minimum atomic E-state index is -0.495. The zero-order valence-corrected chi connectivity index (χ0v) is 11.9. The first-order valence-electron chi connectivity index (χ1n) is 6.03. The van der Waals surface area contributed by atoms with Crippen LogP contribution >= 0.6 is 15.9 Å². The molecule has 0 radical (unpaired) electrons. The fourth-order valence-corrected chi connectivity index (χ4v) is 2.52. The summed E-state index contributed by atoms with van der Waals surface area (Å²) in [6, 6.07) is 4.33. The summed E-state index contributed by atoms with van der Waals surface area (Å²) < 4.78 is 0.540. The van der Waals surface area contributed by atoms with Gasteiger partial charge in [0.15, 0.2) is 0 Å². The molecule has 0 spiro atoms. The van der Waals surface area contributed by atoms with Crippen molar-refractivity contribution in [2.75, 3.05) is 26.2 Å². The molecule has 102 valence electrons. The van der Waals surface area contributed by atoms with Crippen LogP contribution in [0.25, 0.3) is 0 Å². The zero-order chi connectivity index (χ0) is 13.8. The van der Waals surface area contributed by atoms with E-state index in [9.17, 15) is 14.9 Å². The van der Waals surface area contributed by atoms with Crippen molar-refractivity contribution >= 4 is 27.5 Å². The summed E-state index contributed by atoms with van der Waals surface area (Å²) in [4.78, 5) is 24.4. The molecule has 7 heteroatoms. The fraction of sp³-hybridized carbons (Fsp3) is 0.417. The quantitative estimate of drug-likeness (QED) is 0.663. The predicted molar refractivity (Wildman–Crippen MR) is 74.2 cm³/mol. The Kier molecular flexibility index (Phi) is 4.49. The van der Waals surface area contributed by atoms with Crippen molar-refractivity contribution in [2.45, 2.75) is 6.42 Å². The number of rotatable bonds is 2. The average Bonchev–Trinajstić information content (AvgIpc) is 2.65. The number of carbonyl (C=O) groups excluding carboxylic acids is 1. The van der Waals surface area contributed by atoms with Gasteiger partial charge in [0.05, 0.1) is 4.92 Å². The van der Waals surface area contributed by atoms with E-state index in [1.54, 1.807) is 11.0 Å². The number of hydrogen-bond donors (Lipinski definition) is 1. The van der Waals surface area contributed by atoms with Gasteiger partial charge in [0.2, 0.25) is 0 Å². The molecule has 2 rings (SSSR count). The SMILES string of the molecule is O=C(c1cc(Br)cc([N+](=O)[O-])c1)N1CCCNCC1. The van der Waals surface area contributed by atoms with Crippen LogP contribution in [0.4, 0.5) is 5.69 Å². The molecule has 1 N–H and O–H groups in total. The van der Waals surface area contributed by atoms with Gasteiger partial charge in [0, 0.05) is 41.8 Å². The van der Waals surface area contributed by atoms with Gasteiger partial charge in [0.1, 0.15) is 0 Å². The third kappa shape index (κ3) is 3.51. The van der Waals surface area contributed by atoms with Crippen LogP contribution in [0.1, 0.15) is 16.8 Å². The van der Waals surface area contributed by atoms with E-state index >= 15 is 0 Å². The first kappa shape index (κ1) is 14.0. The molecular formula is C12H14BrN3O3. The van der Waals surface area contributed by atoms with Crippen LogP contribution in [0.15, 0.2) is 22.7 Å². The van der Waals surface area contributed by atoms with Crippen LogP contribution in [0, 0.1) is 10.1 Å². The second-order valence-electron chi connectivity index (χ2n) is 4.35. The van der Waals surface area contributed by atoms with Crippen LogP contribution in [-0.2, 0) is 0 Å². The van der Waals surface area contributed by atoms with Crippen LogP contribution in [0.5, 0.6) is 0 Å². The Morgan fingerprint density at radius 3 is 2.84 bits per heavy atom. The number of nitro groups is 1. The lowest BCUT2D eigenvalue weighted by molar-refractivity contribution is -0.385. The Morgan fingerprint density at radius 2 is 2.11 bits per heavy atom. The summed E-state index contributed by atoms with van der Waals surface area (Å²) in [7, 11) is 0. The van der Waals surface area contributed by atoms with Gasteiger partial charge in [0.25, 0.3) is 11.6 Å². The number of halogens is 1. The maximum Gasteiger partial charge on any atom is 0.271 e. The van der Waals surface area contributed by atoms with Gasteiger partial charge in [-0.25, -0.2) is 0 Å². The van der Waals surface area contributed by atoms with Crippen molar-refractivity contribution in [3.05, 3.63) is 38.3 Å². The number of nitro benzene ring substituents is 1. The van der Waals surface area contributed by atoms with E-state index in [4.69, 9.17) is 0 Å². The lowest BCUT2D eigenvalue weighted by Crippen LogP contribution is -2.34.